The van der Waals surface area contributed by atoms with Crippen LogP contribution in [0.25, 0.3) is 0 Å². The van der Waals surface area contributed by atoms with Gasteiger partial charge in [0.25, 0.3) is 0 Å². The van der Waals surface area contributed by atoms with E-state index in [9.17, 15) is 0 Å². The van der Waals surface area contributed by atoms with Gasteiger partial charge in [-0.1, -0.05) is 6.92 Å². The summed E-state index contributed by atoms with van der Waals surface area (Å²) < 4.78 is 0. The molecule has 0 bridgehead atoms. The summed E-state index contributed by atoms with van der Waals surface area (Å²) >= 11 is 0. The molecule has 0 amide bonds. The summed E-state index contributed by atoms with van der Waals surface area (Å²) in [6.07, 6.45) is 7.31. The van der Waals surface area contributed by atoms with Gasteiger partial charge in [-0.15, -0.1) is 0 Å². The molecule has 0 radical (unpaired) electrons. The average molecular weight is 197 g/mol. The van der Waals surface area contributed by atoms with Crippen LogP contribution in [0.1, 0.15) is 26.7 Å². The average Bonchev–Trinajstić information content (AvgIpc) is 2.49. The van der Waals surface area contributed by atoms with Gasteiger partial charge in [0.1, 0.15) is 0 Å². The fourth-order valence-electron chi connectivity index (χ4n) is 1.62. The first kappa shape index (κ1) is 11.4. The predicted molar refractivity (Wildman–Crippen MR) is 60.8 cm³/mol. The summed E-state index contributed by atoms with van der Waals surface area (Å²) in [4.78, 5) is 4.62. The van der Waals surface area contributed by atoms with E-state index in [-0.39, 0.29) is 0 Å². The van der Waals surface area contributed by atoms with Crippen LogP contribution in [-0.2, 0) is 0 Å². The molecule has 14 heavy (non-hydrogen) atoms. The quantitative estimate of drug-likeness (QED) is 0.650. The zero-order valence-corrected chi connectivity index (χ0v) is 9.66. The Labute approximate surface area is 87.8 Å². The third-order valence-corrected chi connectivity index (χ3v) is 2.76. The molecule has 0 fully saturated rings. The van der Waals surface area contributed by atoms with Crippen LogP contribution in [0.2, 0.25) is 0 Å². The molecule has 0 spiro atoms. The lowest BCUT2D eigenvalue weighted by Crippen LogP contribution is -2.35. The molecule has 1 rings (SSSR count). The molecule has 1 heterocycles. The van der Waals surface area contributed by atoms with E-state index in [0.717, 1.165) is 19.6 Å². The Balaban J connectivity index is 2.05. The SMILES string of the molecule is CCCNCCCN1C=CN(C)C1C. The summed E-state index contributed by atoms with van der Waals surface area (Å²) in [5, 5.41) is 3.42. The van der Waals surface area contributed by atoms with Crippen LogP contribution in [0.5, 0.6) is 0 Å². The van der Waals surface area contributed by atoms with Crippen LogP contribution in [0, 0.1) is 0 Å². The zero-order valence-electron chi connectivity index (χ0n) is 9.66. The van der Waals surface area contributed by atoms with Crippen molar-refractivity contribution in [1.29, 1.82) is 0 Å². The van der Waals surface area contributed by atoms with Crippen molar-refractivity contribution in [2.24, 2.45) is 0 Å². The third-order valence-electron chi connectivity index (χ3n) is 2.76. The van der Waals surface area contributed by atoms with Gasteiger partial charge in [0.05, 0.1) is 6.17 Å². The zero-order chi connectivity index (χ0) is 10.4. The Morgan fingerprint density at radius 2 is 2.07 bits per heavy atom. The fraction of sp³-hybridized carbons (Fsp3) is 0.818. The van der Waals surface area contributed by atoms with E-state index in [1.54, 1.807) is 0 Å². The Kier molecular flexibility index (Phi) is 4.80. The monoisotopic (exact) mass is 197 g/mol. The van der Waals surface area contributed by atoms with Crippen molar-refractivity contribution in [3.8, 4) is 0 Å². The van der Waals surface area contributed by atoms with Crippen LogP contribution in [0.4, 0.5) is 0 Å². The minimum atomic E-state index is 0.529. The van der Waals surface area contributed by atoms with Crippen molar-refractivity contribution >= 4 is 0 Å². The van der Waals surface area contributed by atoms with E-state index in [1.165, 1.54) is 12.8 Å². The second-order valence-corrected chi connectivity index (χ2v) is 3.94. The molecule has 1 unspecified atom stereocenters. The molecule has 82 valence electrons. The van der Waals surface area contributed by atoms with Gasteiger partial charge in [0.15, 0.2) is 0 Å². The third kappa shape index (κ3) is 3.22. The van der Waals surface area contributed by atoms with Crippen LogP contribution >= 0.6 is 0 Å². The molecule has 1 N–H and O–H groups in total. The van der Waals surface area contributed by atoms with Crippen molar-refractivity contribution in [2.45, 2.75) is 32.9 Å². The van der Waals surface area contributed by atoms with Crippen LogP contribution < -0.4 is 5.32 Å². The van der Waals surface area contributed by atoms with Crippen molar-refractivity contribution in [1.82, 2.24) is 15.1 Å². The van der Waals surface area contributed by atoms with E-state index in [0.29, 0.717) is 6.17 Å². The van der Waals surface area contributed by atoms with Crippen molar-refractivity contribution in [2.75, 3.05) is 26.7 Å². The lowest BCUT2D eigenvalue weighted by molar-refractivity contribution is 0.193. The predicted octanol–water partition coefficient (Wildman–Crippen LogP) is 1.44. The number of nitrogens with zero attached hydrogens (tertiary/aromatic N) is 2. The maximum absolute atomic E-state index is 3.42. The normalized spacial score (nSPS) is 20.9. The first-order chi connectivity index (χ1) is 6.75. The highest BCUT2D eigenvalue weighted by Gasteiger charge is 2.16. The summed E-state index contributed by atoms with van der Waals surface area (Å²) in [5.74, 6) is 0. The summed E-state index contributed by atoms with van der Waals surface area (Å²) in [6.45, 7) is 7.87. The topological polar surface area (TPSA) is 18.5 Å². The summed E-state index contributed by atoms with van der Waals surface area (Å²) in [6, 6.07) is 0. The molecular formula is C11H23N3. The maximum atomic E-state index is 3.42. The Morgan fingerprint density at radius 3 is 2.64 bits per heavy atom. The highest BCUT2D eigenvalue weighted by atomic mass is 15.4. The van der Waals surface area contributed by atoms with Gasteiger partial charge in [-0.25, -0.2) is 0 Å². The van der Waals surface area contributed by atoms with E-state index >= 15 is 0 Å². The molecule has 0 aromatic carbocycles. The van der Waals surface area contributed by atoms with Crippen molar-refractivity contribution in [3.63, 3.8) is 0 Å². The standard InChI is InChI=1S/C11H23N3/c1-4-6-12-7-5-8-14-10-9-13(3)11(14)2/h9-12H,4-8H2,1-3H3. The van der Waals surface area contributed by atoms with E-state index in [1.807, 2.05) is 0 Å². The molecule has 3 nitrogen and oxygen atoms in total. The van der Waals surface area contributed by atoms with Crippen LogP contribution in [0.15, 0.2) is 12.4 Å². The number of hydrogen-bond donors (Lipinski definition) is 1. The molecule has 1 atom stereocenters. The molecule has 0 saturated carbocycles. The Hall–Kier alpha value is -0.700. The first-order valence-electron chi connectivity index (χ1n) is 5.62. The van der Waals surface area contributed by atoms with E-state index < -0.39 is 0 Å². The molecule has 0 aromatic rings. The molecular weight excluding hydrogens is 174 g/mol. The number of rotatable bonds is 6. The molecule has 1 aliphatic heterocycles. The van der Waals surface area contributed by atoms with Crippen molar-refractivity contribution < 1.29 is 0 Å². The summed E-state index contributed by atoms with van der Waals surface area (Å²) in [5.41, 5.74) is 0. The van der Waals surface area contributed by atoms with Gasteiger partial charge < -0.3 is 15.1 Å². The number of nitrogens with one attached hydrogen (secondary N) is 1. The molecule has 1 aliphatic rings. The van der Waals surface area contributed by atoms with E-state index in [4.69, 9.17) is 0 Å². The lowest BCUT2D eigenvalue weighted by atomic mass is 10.3. The first-order valence-corrected chi connectivity index (χ1v) is 5.62. The smallest absolute Gasteiger partial charge is 0.0974 e. The molecule has 0 aliphatic carbocycles. The lowest BCUT2D eigenvalue weighted by Gasteiger charge is -2.26. The highest BCUT2D eigenvalue weighted by molar-refractivity contribution is 4.93. The van der Waals surface area contributed by atoms with Crippen LogP contribution in [0.3, 0.4) is 0 Å². The minimum absolute atomic E-state index is 0.529. The fourth-order valence-corrected chi connectivity index (χ4v) is 1.62. The minimum Gasteiger partial charge on any atom is -0.359 e. The Morgan fingerprint density at radius 1 is 1.29 bits per heavy atom. The van der Waals surface area contributed by atoms with Gasteiger partial charge in [-0.2, -0.15) is 0 Å². The second-order valence-electron chi connectivity index (χ2n) is 3.94. The summed E-state index contributed by atoms with van der Waals surface area (Å²) in [7, 11) is 2.12. The van der Waals surface area contributed by atoms with Crippen LogP contribution in [-0.4, -0.2) is 42.6 Å². The molecule has 0 aromatic heterocycles. The van der Waals surface area contributed by atoms with Crippen molar-refractivity contribution in [3.05, 3.63) is 12.4 Å². The largest absolute Gasteiger partial charge is 0.359 e. The van der Waals surface area contributed by atoms with Gasteiger partial charge in [0, 0.05) is 26.0 Å². The Bertz CT molecular complexity index is 179. The van der Waals surface area contributed by atoms with Gasteiger partial charge in [0.2, 0.25) is 0 Å². The second kappa shape index (κ2) is 5.91. The van der Waals surface area contributed by atoms with Gasteiger partial charge >= 0.3 is 0 Å². The maximum Gasteiger partial charge on any atom is 0.0974 e. The van der Waals surface area contributed by atoms with Gasteiger partial charge in [-0.3, -0.25) is 0 Å². The molecule has 0 saturated heterocycles. The number of hydrogen-bond acceptors (Lipinski definition) is 3. The van der Waals surface area contributed by atoms with Gasteiger partial charge in [-0.05, 0) is 32.9 Å². The highest BCUT2D eigenvalue weighted by Crippen LogP contribution is 2.12. The molecule has 3 heteroatoms. The van der Waals surface area contributed by atoms with E-state index in [2.05, 4.69) is 48.4 Å².